The van der Waals surface area contributed by atoms with Crippen LogP contribution in [-0.4, -0.2) is 65.6 Å². The van der Waals surface area contributed by atoms with E-state index in [9.17, 15) is 23.1 Å². The van der Waals surface area contributed by atoms with Crippen molar-refractivity contribution in [3.63, 3.8) is 0 Å². The number of amides is 1. The molecule has 2 fully saturated rings. The van der Waals surface area contributed by atoms with E-state index in [0.717, 1.165) is 25.7 Å². The van der Waals surface area contributed by atoms with Gasteiger partial charge in [-0.3, -0.25) is 4.98 Å². The number of nitrogens with zero attached hydrogens (tertiary/aromatic N) is 1. The first-order valence-electron chi connectivity index (χ1n) is 11.6. The molecule has 1 aliphatic heterocycles. The first-order valence-corrected chi connectivity index (χ1v) is 13.4. The molecule has 0 radical (unpaired) electrons. The summed E-state index contributed by atoms with van der Waals surface area (Å²) in [6.07, 6.45) is 4.04. The van der Waals surface area contributed by atoms with Crippen LogP contribution in [0.25, 0.3) is 0 Å². The Bertz CT molecular complexity index is 1000. The molecule has 34 heavy (non-hydrogen) atoms. The number of sulfone groups is 1. The second kappa shape index (κ2) is 10.1. The molecular weight excluding hydrogens is 464 g/mol. The molecule has 2 heterocycles. The highest BCUT2D eigenvalue weighted by molar-refractivity contribution is 7.91. The van der Waals surface area contributed by atoms with E-state index < -0.39 is 45.1 Å². The number of pyridine rings is 1. The van der Waals surface area contributed by atoms with Gasteiger partial charge in [0.25, 0.3) is 0 Å². The smallest absolute Gasteiger partial charge is 0.405 e. The van der Waals surface area contributed by atoms with Crippen molar-refractivity contribution in [2.24, 2.45) is 5.92 Å². The van der Waals surface area contributed by atoms with Gasteiger partial charge in [-0.2, -0.15) is 0 Å². The van der Waals surface area contributed by atoms with Crippen molar-refractivity contribution in [2.45, 2.75) is 83.3 Å². The van der Waals surface area contributed by atoms with E-state index in [1.165, 1.54) is 27.0 Å². The van der Waals surface area contributed by atoms with Gasteiger partial charge in [-0.15, -0.1) is 0 Å². The lowest BCUT2D eigenvalue weighted by Gasteiger charge is -2.33. The molecule has 1 amide bonds. The summed E-state index contributed by atoms with van der Waals surface area (Å²) in [6, 6.07) is 1.99. The monoisotopic (exact) mass is 498 g/mol. The second-order valence-corrected chi connectivity index (χ2v) is 12.0. The lowest BCUT2D eigenvalue weighted by molar-refractivity contribution is -0.169. The van der Waals surface area contributed by atoms with Gasteiger partial charge in [0.1, 0.15) is 5.75 Å². The highest BCUT2D eigenvalue weighted by atomic mass is 32.2. The Morgan fingerprint density at radius 3 is 2.56 bits per heavy atom. The van der Waals surface area contributed by atoms with Gasteiger partial charge in [-0.05, 0) is 37.7 Å². The highest BCUT2D eigenvalue weighted by Crippen LogP contribution is 2.38. The fourth-order valence-electron chi connectivity index (χ4n) is 4.50. The molecule has 2 atom stereocenters. The molecule has 2 N–H and O–H groups in total. The van der Waals surface area contributed by atoms with E-state index >= 15 is 0 Å². The first kappa shape index (κ1) is 26.2. The van der Waals surface area contributed by atoms with Crippen LogP contribution in [0.1, 0.15) is 59.1 Å². The molecule has 11 heteroatoms. The van der Waals surface area contributed by atoms with Crippen LogP contribution in [-0.2, 0) is 30.5 Å². The van der Waals surface area contributed by atoms with Crippen LogP contribution >= 0.6 is 0 Å². The van der Waals surface area contributed by atoms with Gasteiger partial charge in [0.15, 0.2) is 15.4 Å². The largest absolute Gasteiger partial charge is 0.490 e. The van der Waals surface area contributed by atoms with Crippen LogP contribution < -0.4 is 10.1 Å². The summed E-state index contributed by atoms with van der Waals surface area (Å²) in [4.78, 5) is 29.0. The Morgan fingerprint density at radius 1 is 1.32 bits per heavy atom. The molecular formula is C23H34N2O8S. The molecule has 1 unspecified atom stereocenters. The number of rotatable bonds is 9. The number of nitrogens with one attached hydrogen (secondary N) is 1. The lowest BCUT2D eigenvalue weighted by atomic mass is 9.88. The summed E-state index contributed by atoms with van der Waals surface area (Å²) in [6.45, 7) is 6.69. The van der Waals surface area contributed by atoms with Gasteiger partial charge in [0.05, 0.1) is 17.9 Å². The minimum Gasteiger partial charge on any atom is -0.490 e. The van der Waals surface area contributed by atoms with E-state index in [4.69, 9.17) is 14.2 Å². The van der Waals surface area contributed by atoms with Gasteiger partial charge < -0.3 is 24.6 Å². The molecule has 0 aromatic carbocycles. The normalized spacial score (nSPS) is 27.6. The van der Waals surface area contributed by atoms with Crippen molar-refractivity contribution in [1.82, 2.24) is 10.3 Å². The SMILES string of the molecule is CCS(=O)(=O)CC(NC(=O)O)[C@@]1(Cc2cc(O[C@H]3CC[C@H](C)CC3)ccn2)OC(C)(C)OC1=O. The predicted octanol–water partition coefficient (Wildman–Crippen LogP) is 2.70. The first-order chi connectivity index (χ1) is 15.8. The summed E-state index contributed by atoms with van der Waals surface area (Å²) in [5, 5.41) is 11.6. The Labute approximate surface area is 200 Å². The molecule has 10 nitrogen and oxygen atoms in total. The number of aromatic nitrogens is 1. The standard InChI is InChI=1S/C23H34N2O8S/c1-5-34(29,30)14-19(25-21(27)28)23(20(26)32-22(3,4)33-23)13-16-12-18(10-11-24-16)31-17-8-6-15(2)7-9-17/h10-12,15,17,19,25H,5-9,13-14H2,1-4H3,(H,27,28)/t15-,17-,19?,23-/m1/s1. The maximum Gasteiger partial charge on any atom is 0.405 e. The topological polar surface area (TPSA) is 141 Å². The van der Waals surface area contributed by atoms with E-state index in [2.05, 4.69) is 17.2 Å². The molecule has 0 spiro atoms. The number of carbonyl (C=O) groups is 2. The zero-order valence-electron chi connectivity index (χ0n) is 20.1. The average molecular weight is 499 g/mol. The number of hydrogen-bond acceptors (Lipinski definition) is 8. The zero-order valence-corrected chi connectivity index (χ0v) is 20.9. The van der Waals surface area contributed by atoms with Crippen molar-refractivity contribution >= 4 is 21.9 Å². The van der Waals surface area contributed by atoms with Gasteiger partial charge >= 0.3 is 12.1 Å². The molecule has 1 saturated carbocycles. The third kappa shape index (κ3) is 6.38. The van der Waals surface area contributed by atoms with Crippen molar-refractivity contribution in [1.29, 1.82) is 0 Å². The van der Waals surface area contributed by atoms with Crippen LogP contribution in [0.15, 0.2) is 18.3 Å². The van der Waals surface area contributed by atoms with Crippen LogP contribution in [0.4, 0.5) is 4.79 Å². The number of carbonyl (C=O) groups excluding carboxylic acids is 1. The Kier molecular flexibility index (Phi) is 7.76. The Morgan fingerprint density at radius 2 is 2.00 bits per heavy atom. The fourth-order valence-corrected chi connectivity index (χ4v) is 5.60. The number of ether oxygens (including phenoxy) is 3. The molecule has 3 rings (SSSR count). The van der Waals surface area contributed by atoms with Crippen molar-refractivity contribution in [3.8, 4) is 5.75 Å². The number of cyclic esters (lactones) is 1. The van der Waals surface area contributed by atoms with E-state index in [1.807, 2.05) is 0 Å². The van der Waals surface area contributed by atoms with Crippen molar-refractivity contribution < 1.29 is 37.3 Å². The predicted molar refractivity (Wildman–Crippen MR) is 123 cm³/mol. The summed E-state index contributed by atoms with van der Waals surface area (Å²) in [7, 11) is -3.68. The van der Waals surface area contributed by atoms with Crippen LogP contribution in [0.5, 0.6) is 5.75 Å². The maximum atomic E-state index is 13.1. The van der Waals surface area contributed by atoms with Gasteiger partial charge in [0.2, 0.25) is 5.79 Å². The lowest BCUT2D eigenvalue weighted by Crippen LogP contribution is -2.61. The average Bonchev–Trinajstić information content (AvgIpc) is 2.97. The summed E-state index contributed by atoms with van der Waals surface area (Å²) >= 11 is 0. The van der Waals surface area contributed by atoms with E-state index in [-0.39, 0.29) is 18.3 Å². The summed E-state index contributed by atoms with van der Waals surface area (Å²) in [5.41, 5.74) is -1.53. The minimum absolute atomic E-state index is 0.0863. The van der Waals surface area contributed by atoms with Crippen LogP contribution in [0.2, 0.25) is 0 Å². The molecule has 1 saturated heterocycles. The highest BCUT2D eigenvalue weighted by Gasteiger charge is 2.60. The van der Waals surface area contributed by atoms with Crippen LogP contribution in [0.3, 0.4) is 0 Å². The number of esters is 1. The van der Waals surface area contributed by atoms with E-state index in [0.29, 0.717) is 17.4 Å². The molecule has 190 valence electrons. The number of carboxylic acid groups (broad SMARTS) is 1. The van der Waals surface area contributed by atoms with Crippen molar-refractivity contribution in [3.05, 3.63) is 24.0 Å². The number of hydrogen-bond donors (Lipinski definition) is 2. The molecule has 1 aromatic rings. The molecule has 1 aliphatic carbocycles. The second-order valence-electron chi connectivity index (χ2n) is 9.64. The third-order valence-corrected chi connectivity index (χ3v) is 8.05. The minimum atomic E-state index is -3.68. The Balaban J connectivity index is 1.92. The Hall–Kier alpha value is -2.40. The summed E-state index contributed by atoms with van der Waals surface area (Å²) < 4.78 is 42.3. The molecule has 1 aromatic heterocycles. The summed E-state index contributed by atoms with van der Waals surface area (Å²) in [5.74, 6) is -1.82. The van der Waals surface area contributed by atoms with Crippen molar-refractivity contribution in [2.75, 3.05) is 11.5 Å². The fraction of sp³-hybridized carbons (Fsp3) is 0.696. The van der Waals surface area contributed by atoms with Gasteiger partial charge in [-0.25, -0.2) is 18.0 Å². The zero-order chi connectivity index (χ0) is 25.1. The molecule has 2 aliphatic rings. The maximum absolute atomic E-state index is 13.1. The van der Waals surface area contributed by atoms with Gasteiger partial charge in [-0.1, -0.05) is 13.8 Å². The quantitative estimate of drug-likeness (QED) is 0.492. The van der Waals surface area contributed by atoms with Gasteiger partial charge in [0, 0.05) is 44.0 Å². The van der Waals surface area contributed by atoms with Crippen LogP contribution in [0, 0.1) is 5.92 Å². The molecule has 0 bridgehead atoms. The third-order valence-electron chi connectivity index (χ3n) is 6.33. The van der Waals surface area contributed by atoms with E-state index in [1.54, 1.807) is 12.1 Å².